The van der Waals surface area contributed by atoms with Crippen molar-refractivity contribution in [3.8, 4) is 0 Å². The summed E-state index contributed by atoms with van der Waals surface area (Å²) < 4.78 is 17.8. The van der Waals surface area contributed by atoms with Gasteiger partial charge < -0.3 is 19.2 Å². The Labute approximate surface area is 177 Å². The molecular formula is C24H32N2O4. The maximum atomic E-state index is 12.4. The van der Waals surface area contributed by atoms with Crippen LogP contribution in [-0.4, -0.2) is 55.4 Å². The predicted molar refractivity (Wildman–Crippen MR) is 114 cm³/mol. The van der Waals surface area contributed by atoms with Gasteiger partial charge in [-0.25, -0.2) is 0 Å². The van der Waals surface area contributed by atoms with Crippen LogP contribution in [0.5, 0.6) is 0 Å². The van der Waals surface area contributed by atoms with Gasteiger partial charge in [0.1, 0.15) is 11.3 Å². The van der Waals surface area contributed by atoms with Crippen molar-refractivity contribution >= 4 is 16.9 Å². The van der Waals surface area contributed by atoms with Gasteiger partial charge in [0.2, 0.25) is 5.91 Å². The Morgan fingerprint density at radius 1 is 1.10 bits per heavy atom. The number of fused-ring (bicyclic) bond motifs is 1. The second kappa shape index (κ2) is 8.69. The summed E-state index contributed by atoms with van der Waals surface area (Å²) in [6.45, 7) is 4.95. The highest BCUT2D eigenvalue weighted by molar-refractivity contribution is 5.78. The molecule has 0 bridgehead atoms. The smallest absolute Gasteiger partial charge is 0.223 e. The summed E-state index contributed by atoms with van der Waals surface area (Å²) in [6, 6.07) is 10.3. The number of amides is 1. The number of rotatable bonds is 5. The number of carbonyl (C=O) groups excluding carboxylic acids is 1. The van der Waals surface area contributed by atoms with E-state index in [1.165, 1.54) is 5.39 Å². The average Bonchev–Trinajstić information content (AvgIpc) is 3.38. The Kier molecular flexibility index (Phi) is 5.81. The maximum absolute atomic E-state index is 12.4. The number of hydrogen-bond donors (Lipinski definition) is 1. The van der Waals surface area contributed by atoms with Gasteiger partial charge in [0, 0.05) is 44.2 Å². The number of furan rings is 1. The number of hydrogen-bond acceptors (Lipinski definition) is 5. The molecule has 1 atom stereocenters. The zero-order chi connectivity index (χ0) is 20.4. The van der Waals surface area contributed by atoms with Crippen LogP contribution >= 0.6 is 0 Å². The van der Waals surface area contributed by atoms with Crippen LogP contribution in [0.3, 0.4) is 0 Å². The highest BCUT2D eigenvalue weighted by Crippen LogP contribution is 2.39. The molecule has 1 amide bonds. The molecule has 0 radical (unpaired) electrons. The molecule has 4 heterocycles. The third kappa shape index (κ3) is 4.41. The van der Waals surface area contributed by atoms with Crippen LogP contribution in [0.15, 0.2) is 34.7 Å². The van der Waals surface area contributed by atoms with Gasteiger partial charge >= 0.3 is 0 Å². The fraction of sp³-hybridized carbons (Fsp3) is 0.625. The van der Waals surface area contributed by atoms with Crippen LogP contribution in [0.2, 0.25) is 0 Å². The van der Waals surface area contributed by atoms with Gasteiger partial charge in [0.25, 0.3) is 0 Å². The largest absolute Gasteiger partial charge is 0.460 e. The lowest BCUT2D eigenvalue weighted by Gasteiger charge is -2.39. The molecule has 0 unspecified atom stereocenters. The van der Waals surface area contributed by atoms with Crippen molar-refractivity contribution in [2.24, 2.45) is 5.92 Å². The van der Waals surface area contributed by atoms with Crippen molar-refractivity contribution in [1.82, 2.24) is 10.2 Å². The van der Waals surface area contributed by atoms with E-state index in [0.717, 1.165) is 69.5 Å². The van der Waals surface area contributed by atoms with Crippen molar-refractivity contribution in [2.45, 2.75) is 56.8 Å². The molecule has 1 N–H and O–H groups in total. The van der Waals surface area contributed by atoms with E-state index in [2.05, 4.69) is 22.3 Å². The summed E-state index contributed by atoms with van der Waals surface area (Å²) in [5.41, 5.74) is 0.962. The molecule has 5 rings (SSSR count). The zero-order valence-electron chi connectivity index (χ0n) is 17.6. The molecule has 3 aliphatic rings. The van der Waals surface area contributed by atoms with Gasteiger partial charge in [-0.3, -0.25) is 9.69 Å². The second-order valence-corrected chi connectivity index (χ2v) is 9.12. The molecule has 3 aliphatic heterocycles. The van der Waals surface area contributed by atoms with E-state index in [4.69, 9.17) is 13.9 Å². The minimum Gasteiger partial charge on any atom is -0.460 e. The number of ether oxygens (including phenoxy) is 2. The lowest BCUT2D eigenvalue weighted by Crippen LogP contribution is -2.45. The average molecular weight is 413 g/mol. The molecule has 3 fully saturated rings. The fourth-order valence-electron chi connectivity index (χ4n) is 5.18. The highest BCUT2D eigenvalue weighted by atomic mass is 16.5. The number of para-hydroxylation sites is 1. The zero-order valence-corrected chi connectivity index (χ0v) is 17.6. The summed E-state index contributed by atoms with van der Waals surface area (Å²) >= 11 is 0. The molecule has 162 valence electrons. The highest BCUT2D eigenvalue weighted by Gasteiger charge is 2.42. The molecule has 1 aromatic heterocycles. The van der Waals surface area contributed by atoms with Gasteiger partial charge in [0.15, 0.2) is 0 Å². The minimum atomic E-state index is -0.00154. The van der Waals surface area contributed by atoms with E-state index >= 15 is 0 Å². The van der Waals surface area contributed by atoms with E-state index in [1.54, 1.807) is 0 Å². The Morgan fingerprint density at radius 3 is 2.70 bits per heavy atom. The van der Waals surface area contributed by atoms with Crippen molar-refractivity contribution in [1.29, 1.82) is 0 Å². The summed E-state index contributed by atoms with van der Waals surface area (Å²) in [7, 11) is 0. The maximum Gasteiger partial charge on any atom is 0.223 e. The fourth-order valence-corrected chi connectivity index (χ4v) is 5.18. The van der Waals surface area contributed by atoms with E-state index in [0.29, 0.717) is 19.8 Å². The molecule has 0 saturated carbocycles. The number of piperidine rings is 1. The van der Waals surface area contributed by atoms with Crippen LogP contribution in [0.25, 0.3) is 11.0 Å². The second-order valence-electron chi connectivity index (χ2n) is 9.12. The Morgan fingerprint density at radius 2 is 1.90 bits per heavy atom. The number of benzene rings is 1. The molecule has 6 heteroatoms. The summed E-state index contributed by atoms with van der Waals surface area (Å²) in [4.78, 5) is 14.8. The summed E-state index contributed by atoms with van der Waals surface area (Å²) in [6.07, 6.45) is 6.07. The molecule has 0 aliphatic carbocycles. The van der Waals surface area contributed by atoms with Gasteiger partial charge in [-0.15, -0.1) is 0 Å². The van der Waals surface area contributed by atoms with Crippen molar-refractivity contribution in [3.05, 3.63) is 36.1 Å². The van der Waals surface area contributed by atoms with E-state index in [1.807, 2.05) is 18.2 Å². The normalized spacial score (nSPS) is 25.1. The molecule has 3 saturated heterocycles. The predicted octanol–water partition coefficient (Wildman–Crippen LogP) is 3.49. The first-order valence-electron chi connectivity index (χ1n) is 11.4. The van der Waals surface area contributed by atoms with Crippen LogP contribution in [0, 0.1) is 5.92 Å². The first-order chi connectivity index (χ1) is 14.7. The van der Waals surface area contributed by atoms with Gasteiger partial charge in [0.05, 0.1) is 18.2 Å². The van der Waals surface area contributed by atoms with Gasteiger partial charge in [-0.05, 0) is 50.7 Å². The van der Waals surface area contributed by atoms with E-state index in [9.17, 15) is 4.79 Å². The van der Waals surface area contributed by atoms with Crippen LogP contribution in [0.1, 0.15) is 44.3 Å². The third-order valence-corrected chi connectivity index (χ3v) is 7.06. The molecule has 6 nitrogen and oxygen atoms in total. The molecule has 1 aromatic carbocycles. The first kappa shape index (κ1) is 20.0. The van der Waals surface area contributed by atoms with Crippen LogP contribution in [0.4, 0.5) is 0 Å². The molecule has 30 heavy (non-hydrogen) atoms. The lowest BCUT2D eigenvalue weighted by molar-refractivity contribution is -0.129. The van der Waals surface area contributed by atoms with E-state index < -0.39 is 0 Å². The summed E-state index contributed by atoms with van der Waals surface area (Å²) in [5.74, 6) is 1.31. The quantitative estimate of drug-likeness (QED) is 0.815. The van der Waals surface area contributed by atoms with E-state index in [-0.39, 0.29) is 23.5 Å². The third-order valence-electron chi connectivity index (χ3n) is 7.06. The number of likely N-dealkylation sites (tertiary alicyclic amines) is 1. The Bertz CT molecular complexity index is 832. The van der Waals surface area contributed by atoms with Gasteiger partial charge in [-0.2, -0.15) is 0 Å². The van der Waals surface area contributed by atoms with Gasteiger partial charge in [-0.1, -0.05) is 18.2 Å². The van der Waals surface area contributed by atoms with Crippen molar-refractivity contribution in [2.75, 3.05) is 32.8 Å². The first-order valence-corrected chi connectivity index (χ1v) is 11.4. The lowest BCUT2D eigenvalue weighted by atomic mass is 9.88. The number of nitrogens with zero attached hydrogens (tertiary/aromatic N) is 1. The molecule has 1 spiro atoms. The molecular weight excluding hydrogens is 380 g/mol. The Balaban J connectivity index is 1.08. The monoisotopic (exact) mass is 412 g/mol. The number of nitrogens with one attached hydrogen (secondary N) is 1. The topological polar surface area (TPSA) is 63.9 Å². The van der Waals surface area contributed by atoms with Crippen LogP contribution < -0.4 is 5.32 Å². The summed E-state index contributed by atoms with van der Waals surface area (Å²) in [5, 5.41) is 4.30. The standard InChI is InChI=1S/C24H32N2O4/c27-23(18-6-13-28-14-7-18)25-16-20-5-8-24(30-20)9-11-26(12-10-24)17-21-15-19-3-1-2-4-22(19)29-21/h1-4,15,18,20H,5-14,16-17H2,(H,25,27)/t20-/m0/s1. The Hall–Kier alpha value is -1.89. The SMILES string of the molecule is O=C(NC[C@@H]1CCC2(CCN(Cc3cc4ccccc4o3)CC2)O1)C1CCOCC1. The van der Waals surface area contributed by atoms with Crippen molar-refractivity contribution < 1.29 is 18.7 Å². The minimum absolute atomic E-state index is 0.00154. The number of carbonyl (C=O) groups is 1. The van der Waals surface area contributed by atoms with Crippen molar-refractivity contribution in [3.63, 3.8) is 0 Å². The molecule has 2 aromatic rings. The van der Waals surface area contributed by atoms with Crippen LogP contribution in [-0.2, 0) is 20.8 Å².